The van der Waals surface area contributed by atoms with Crippen molar-refractivity contribution in [2.75, 3.05) is 30.6 Å². The van der Waals surface area contributed by atoms with Crippen LogP contribution in [0.15, 0.2) is 36.4 Å². The Balaban J connectivity index is 1.65. The highest BCUT2D eigenvalue weighted by Crippen LogP contribution is 2.40. The molecule has 0 aliphatic carbocycles. The van der Waals surface area contributed by atoms with E-state index in [0.717, 1.165) is 35.4 Å². The van der Waals surface area contributed by atoms with E-state index >= 15 is 0 Å². The van der Waals surface area contributed by atoms with Crippen molar-refractivity contribution >= 4 is 44.3 Å². The molecular weight excluding hydrogens is 486 g/mol. The summed E-state index contributed by atoms with van der Waals surface area (Å²) in [6, 6.07) is 11.5. The van der Waals surface area contributed by atoms with Gasteiger partial charge in [0.2, 0.25) is 15.9 Å². The maximum absolute atomic E-state index is 12.7. The van der Waals surface area contributed by atoms with Crippen LogP contribution < -0.4 is 10.0 Å². The Labute approximate surface area is 210 Å². The Kier molecular flexibility index (Phi) is 6.27. The van der Waals surface area contributed by atoms with Gasteiger partial charge in [0.25, 0.3) is 0 Å². The van der Waals surface area contributed by atoms with Crippen LogP contribution >= 0.6 is 11.6 Å². The number of hydrogen-bond donors (Lipinski definition) is 2. The first-order chi connectivity index (χ1) is 16.7. The zero-order valence-electron chi connectivity index (χ0n) is 20.1. The predicted molar refractivity (Wildman–Crippen MR) is 138 cm³/mol. The van der Waals surface area contributed by atoms with Gasteiger partial charge in [-0.25, -0.2) is 13.4 Å². The Morgan fingerprint density at radius 2 is 1.97 bits per heavy atom. The third-order valence-corrected chi connectivity index (χ3v) is 8.84. The summed E-state index contributed by atoms with van der Waals surface area (Å²) in [5.74, 6) is 1.14. The topological polar surface area (TPSA) is 96.3 Å². The van der Waals surface area contributed by atoms with Crippen LogP contribution in [-0.4, -0.2) is 60.7 Å². The number of likely N-dealkylation sites (tertiary alicyclic amines) is 1. The van der Waals surface area contributed by atoms with Crippen molar-refractivity contribution < 1.29 is 13.2 Å². The second kappa shape index (κ2) is 9.11. The van der Waals surface area contributed by atoms with Crippen LogP contribution in [-0.2, 0) is 21.4 Å². The molecular formula is C25H30ClN5O3S. The lowest BCUT2D eigenvalue weighted by molar-refractivity contribution is -0.136. The number of likely N-dealkylation sites (N-methyl/N-ethyl adjacent to an activating group) is 1. The standard InChI is InChI=1S/C25H30ClN5O3S/c1-4-35(33,34)29-21-11-17(20-14-30(3)25(32)23-19(20)9-10-27-23)12-22-24(21)28-15(2)31(22)13-16-5-7-18(26)8-6-16/h5-8,11-12,19-20,23,27,29H,4,9-10,13-14H2,1-3H3. The SMILES string of the molecule is CCS(=O)(=O)Nc1cc(C2CN(C)C(=O)C3NCCC32)cc2c1nc(C)n2Cc1ccc(Cl)cc1. The van der Waals surface area contributed by atoms with E-state index in [-0.39, 0.29) is 29.5 Å². The number of carbonyl (C=O) groups is 1. The van der Waals surface area contributed by atoms with Crippen molar-refractivity contribution in [3.63, 3.8) is 0 Å². The molecule has 3 heterocycles. The fourth-order valence-electron chi connectivity index (χ4n) is 5.40. The first-order valence-corrected chi connectivity index (χ1v) is 13.9. The van der Waals surface area contributed by atoms with E-state index in [1.165, 1.54) is 0 Å². The maximum Gasteiger partial charge on any atom is 0.239 e. The van der Waals surface area contributed by atoms with Gasteiger partial charge in [0.1, 0.15) is 11.3 Å². The number of halogens is 1. The molecule has 8 nitrogen and oxygen atoms in total. The number of benzene rings is 2. The number of amides is 1. The van der Waals surface area contributed by atoms with Gasteiger partial charge in [-0.3, -0.25) is 9.52 Å². The molecule has 2 N–H and O–H groups in total. The van der Waals surface area contributed by atoms with E-state index in [9.17, 15) is 13.2 Å². The third-order valence-electron chi connectivity index (χ3n) is 7.29. The summed E-state index contributed by atoms with van der Waals surface area (Å²) in [6.07, 6.45) is 0.909. The Morgan fingerprint density at radius 1 is 1.23 bits per heavy atom. The number of sulfonamides is 1. The number of fused-ring (bicyclic) bond motifs is 2. The monoisotopic (exact) mass is 515 g/mol. The van der Waals surface area contributed by atoms with Gasteiger partial charge in [-0.1, -0.05) is 23.7 Å². The molecule has 2 saturated heterocycles. The number of piperidine rings is 1. The lowest BCUT2D eigenvalue weighted by atomic mass is 9.77. The van der Waals surface area contributed by atoms with Crippen molar-refractivity contribution in [3.05, 3.63) is 58.4 Å². The highest BCUT2D eigenvalue weighted by Gasteiger charge is 2.44. The van der Waals surface area contributed by atoms with E-state index < -0.39 is 10.0 Å². The van der Waals surface area contributed by atoms with Crippen molar-refractivity contribution in [1.82, 2.24) is 19.8 Å². The molecule has 186 valence electrons. The third kappa shape index (κ3) is 4.52. The summed E-state index contributed by atoms with van der Waals surface area (Å²) in [5, 5.41) is 4.04. The zero-order valence-corrected chi connectivity index (χ0v) is 21.7. The molecule has 0 saturated carbocycles. The van der Waals surface area contributed by atoms with Crippen molar-refractivity contribution in [2.45, 2.75) is 38.8 Å². The Bertz CT molecular complexity index is 1390. The van der Waals surface area contributed by atoms with Crippen LogP contribution in [0.25, 0.3) is 11.0 Å². The van der Waals surface area contributed by atoms with Crippen LogP contribution in [0.5, 0.6) is 0 Å². The van der Waals surface area contributed by atoms with Gasteiger partial charge in [0.05, 0.1) is 23.0 Å². The van der Waals surface area contributed by atoms with Gasteiger partial charge in [-0.05, 0) is 68.1 Å². The zero-order chi connectivity index (χ0) is 24.9. The molecule has 1 amide bonds. The average Bonchev–Trinajstić information content (AvgIpc) is 3.43. The van der Waals surface area contributed by atoms with Crippen LogP contribution in [0.2, 0.25) is 5.02 Å². The number of hydrogen-bond acceptors (Lipinski definition) is 5. The summed E-state index contributed by atoms with van der Waals surface area (Å²) in [4.78, 5) is 19.3. The molecule has 0 spiro atoms. The molecule has 2 fully saturated rings. The number of nitrogens with one attached hydrogen (secondary N) is 2. The summed E-state index contributed by atoms with van der Waals surface area (Å²) in [6.45, 7) is 5.52. The van der Waals surface area contributed by atoms with Gasteiger partial charge in [0, 0.05) is 31.1 Å². The minimum absolute atomic E-state index is 0.0293. The van der Waals surface area contributed by atoms with Crippen molar-refractivity contribution in [1.29, 1.82) is 0 Å². The number of nitrogens with zero attached hydrogens (tertiary/aromatic N) is 3. The molecule has 3 aromatic rings. The second-order valence-electron chi connectivity index (χ2n) is 9.52. The largest absolute Gasteiger partial charge is 0.344 e. The molecule has 2 aliphatic rings. The number of imidazole rings is 1. The van der Waals surface area contributed by atoms with Crippen LogP contribution in [0.1, 0.15) is 36.2 Å². The lowest BCUT2D eigenvalue weighted by Crippen LogP contribution is -2.52. The summed E-state index contributed by atoms with van der Waals surface area (Å²) >= 11 is 6.07. The fourth-order valence-corrected chi connectivity index (χ4v) is 6.16. The van der Waals surface area contributed by atoms with Gasteiger partial charge >= 0.3 is 0 Å². The van der Waals surface area contributed by atoms with Gasteiger partial charge in [-0.15, -0.1) is 0 Å². The summed E-state index contributed by atoms with van der Waals surface area (Å²) in [7, 11) is -1.67. The molecule has 3 atom stereocenters. The number of anilines is 1. The average molecular weight is 516 g/mol. The predicted octanol–water partition coefficient (Wildman–Crippen LogP) is 3.34. The van der Waals surface area contributed by atoms with Crippen LogP contribution in [0.3, 0.4) is 0 Å². The minimum atomic E-state index is -3.51. The van der Waals surface area contributed by atoms with E-state index in [2.05, 4.69) is 20.7 Å². The maximum atomic E-state index is 12.7. The molecule has 10 heteroatoms. The van der Waals surface area contributed by atoms with Crippen molar-refractivity contribution in [3.8, 4) is 0 Å². The smallest absolute Gasteiger partial charge is 0.239 e. The Morgan fingerprint density at radius 3 is 2.69 bits per heavy atom. The van der Waals surface area contributed by atoms with Gasteiger partial charge in [0.15, 0.2) is 0 Å². The normalized spacial score (nSPS) is 22.6. The van der Waals surface area contributed by atoms with E-state index in [4.69, 9.17) is 16.6 Å². The number of rotatable bonds is 6. The molecule has 1 aromatic heterocycles. The van der Waals surface area contributed by atoms with Crippen molar-refractivity contribution in [2.24, 2.45) is 5.92 Å². The number of aryl methyl sites for hydroxylation is 1. The molecule has 2 aromatic carbocycles. The number of aromatic nitrogens is 2. The molecule has 0 bridgehead atoms. The number of carbonyl (C=O) groups excluding carboxylic acids is 1. The van der Waals surface area contributed by atoms with E-state index in [1.807, 2.05) is 44.3 Å². The molecule has 35 heavy (non-hydrogen) atoms. The molecule has 3 unspecified atom stereocenters. The molecule has 5 rings (SSSR count). The molecule has 0 radical (unpaired) electrons. The highest BCUT2D eigenvalue weighted by molar-refractivity contribution is 7.92. The quantitative estimate of drug-likeness (QED) is 0.525. The van der Waals surface area contributed by atoms with E-state index in [0.29, 0.717) is 29.3 Å². The first kappa shape index (κ1) is 24.1. The second-order valence-corrected chi connectivity index (χ2v) is 12.0. The highest BCUT2D eigenvalue weighted by atomic mass is 35.5. The molecule has 2 aliphatic heterocycles. The van der Waals surface area contributed by atoms with Gasteiger partial charge < -0.3 is 14.8 Å². The fraction of sp³-hybridized carbons (Fsp3) is 0.440. The summed E-state index contributed by atoms with van der Waals surface area (Å²) < 4.78 is 30.0. The minimum Gasteiger partial charge on any atom is -0.344 e. The Hall–Kier alpha value is -2.62. The summed E-state index contributed by atoms with van der Waals surface area (Å²) in [5.41, 5.74) is 4.06. The van der Waals surface area contributed by atoms with Crippen LogP contribution in [0, 0.1) is 12.8 Å². The first-order valence-electron chi connectivity index (χ1n) is 11.9. The lowest BCUT2D eigenvalue weighted by Gasteiger charge is -2.38. The van der Waals surface area contributed by atoms with Crippen LogP contribution in [0.4, 0.5) is 5.69 Å². The van der Waals surface area contributed by atoms with E-state index in [1.54, 1.807) is 11.8 Å². The van der Waals surface area contributed by atoms with Gasteiger partial charge in [-0.2, -0.15) is 0 Å².